The highest BCUT2D eigenvalue weighted by Gasteiger charge is 2.16. The first kappa shape index (κ1) is 16.3. The maximum absolute atomic E-state index is 13.3. The topological polar surface area (TPSA) is 12.0 Å². The lowest BCUT2D eigenvalue weighted by Gasteiger charge is -2.21. The molecule has 4 heteroatoms. The Morgan fingerprint density at radius 1 is 1.19 bits per heavy atom. The van der Waals surface area contributed by atoms with Crippen LogP contribution in [0.25, 0.3) is 0 Å². The molecule has 0 aliphatic carbocycles. The van der Waals surface area contributed by atoms with Crippen molar-refractivity contribution < 1.29 is 4.39 Å². The van der Waals surface area contributed by atoms with Gasteiger partial charge in [-0.05, 0) is 48.7 Å². The first-order valence-corrected chi connectivity index (χ1v) is 7.70. The van der Waals surface area contributed by atoms with Gasteiger partial charge in [0.25, 0.3) is 0 Å². The number of nitrogens with one attached hydrogen (secondary N) is 1. The van der Waals surface area contributed by atoms with E-state index in [0.29, 0.717) is 6.42 Å². The molecule has 0 radical (unpaired) electrons. The Morgan fingerprint density at radius 3 is 2.62 bits per heavy atom. The second kappa shape index (κ2) is 7.26. The minimum atomic E-state index is -0.394. The van der Waals surface area contributed by atoms with Crippen molar-refractivity contribution in [3.8, 4) is 0 Å². The number of benzene rings is 2. The molecule has 0 saturated carbocycles. The summed E-state index contributed by atoms with van der Waals surface area (Å²) in [6.07, 6.45) is 0.705. The second-order valence-corrected chi connectivity index (χ2v) is 5.83. The monoisotopic (exact) mass is 325 g/mol. The van der Waals surface area contributed by atoms with E-state index in [-0.39, 0.29) is 11.1 Å². The van der Waals surface area contributed by atoms with Gasteiger partial charge in [0.1, 0.15) is 5.82 Å². The molecule has 0 aromatic heterocycles. The minimum absolute atomic E-state index is 0.0731. The molecule has 1 N–H and O–H groups in total. The van der Waals surface area contributed by atoms with Crippen LogP contribution in [-0.4, -0.2) is 6.54 Å². The molecule has 2 rings (SSSR count). The first-order chi connectivity index (χ1) is 10.0. The summed E-state index contributed by atoms with van der Waals surface area (Å²) >= 11 is 12.3. The van der Waals surface area contributed by atoms with Gasteiger partial charge in [-0.2, -0.15) is 0 Å². The van der Waals surface area contributed by atoms with Crippen LogP contribution >= 0.6 is 23.2 Å². The lowest BCUT2D eigenvalue weighted by molar-refractivity contribution is 0.548. The molecular weight excluding hydrogens is 308 g/mol. The number of halogens is 3. The maximum Gasteiger partial charge on any atom is 0.141 e. The lowest BCUT2D eigenvalue weighted by atomic mass is 9.97. The van der Waals surface area contributed by atoms with Crippen LogP contribution in [0, 0.1) is 12.7 Å². The zero-order valence-corrected chi connectivity index (χ0v) is 13.6. The average Bonchev–Trinajstić information content (AvgIpc) is 2.45. The number of likely N-dealkylation sites (N-methyl/N-ethyl adjacent to an activating group) is 1. The Bertz CT molecular complexity index is 628. The molecule has 21 heavy (non-hydrogen) atoms. The second-order valence-electron chi connectivity index (χ2n) is 5.04. The van der Waals surface area contributed by atoms with Gasteiger partial charge in [0, 0.05) is 11.1 Å². The van der Waals surface area contributed by atoms with E-state index < -0.39 is 5.82 Å². The van der Waals surface area contributed by atoms with Crippen molar-refractivity contribution in [2.45, 2.75) is 26.3 Å². The van der Waals surface area contributed by atoms with Gasteiger partial charge in [-0.1, -0.05) is 54.4 Å². The fraction of sp³-hybridized carbons (Fsp3) is 0.294. The van der Waals surface area contributed by atoms with Crippen molar-refractivity contribution in [1.82, 2.24) is 5.32 Å². The summed E-state index contributed by atoms with van der Waals surface area (Å²) in [5, 5.41) is 4.35. The molecule has 0 fully saturated rings. The zero-order chi connectivity index (χ0) is 15.4. The molecular formula is C17H18Cl2FN. The molecule has 1 nitrogen and oxygen atoms in total. The smallest absolute Gasteiger partial charge is 0.141 e. The number of rotatable bonds is 5. The summed E-state index contributed by atoms with van der Waals surface area (Å²) in [6, 6.07) is 10.9. The quantitative estimate of drug-likeness (QED) is 0.782. The highest BCUT2D eigenvalue weighted by atomic mass is 35.5. The Morgan fingerprint density at radius 2 is 1.95 bits per heavy atom. The van der Waals surface area contributed by atoms with Gasteiger partial charge in [0.15, 0.2) is 0 Å². The molecule has 0 bridgehead atoms. The van der Waals surface area contributed by atoms with Gasteiger partial charge < -0.3 is 5.32 Å². The molecule has 0 heterocycles. The minimum Gasteiger partial charge on any atom is -0.310 e. The van der Waals surface area contributed by atoms with Crippen LogP contribution in [0.4, 0.5) is 4.39 Å². The van der Waals surface area contributed by atoms with Crippen molar-refractivity contribution in [1.29, 1.82) is 0 Å². The number of hydrogen-bond donors (Lipinski definition) is 1. The van der Waals surface area contributed by atoms with Crippen LogP contribution in [0.5, 0.6) is 0 Å². The van der Waals surface area contributed by atoms with Gasteiger partial charge in [0.2, 0.25) is 0 Å². The Hall–Kier alpha value is -1.09. The van der Waals surface area contributed by atoms with Crippen molar-refractivity contribution >= 4 is 23.2 Å². The number of hydrogen-bond acceptors (Lipinski definition) is 1. The van der Waals surface area contributed by atoms with Crippen molar-refractivity contribution in [2.24, 2.45) is 0 Å². The van der Waals surface area contributed by atoms with Gasteiger partial charge in [-0.3, -0.25) is 0 Å². The van der Waals surface area contributed by atoms with Crippen molar-refractivity contribution in [3.05, 3.63) is 69.0 Å². The third-order valence-corrected chi connectivity index (χ3v) is 4.28. The van der Waals surface area contributed by atoms with E-state index in [2.05, 4.69) is 5.32 Å². The largest absolute Gasteiger partial charge is 0.310 e. The average molecular weight is 326 g/mol. The van der Waals surface area contributed by atoms with E-state index in [9.17, 15) is 4.39 Å². The third kappa shape index (κ3) is 3.97. The predicted octanol–water partition coefficient (Wildman–Crippen LogP) is 5.33. The lowest BCUT2D eigenvalue weighted by Crippen LogP contribution is -2.23. The molecule has 0 aliphatic rings. The maximum atomic E-state index is 13.3. The summed E-state index contributed by atoms with van der Waals surface area (Å²) in [5.41, 5.74) is 3.08. The standard InChI is InChI=1S/C17H18Cl2FN/c1-3-21-16(13-6-4-5-11(2)17(13)19)10-12-7-8-15(20)14(18)9-12/h4-9,16,21H,3,10H2,1-2H3. The summed E-state index contributed by atoms with van der Waals surface area (Å²) in [7, 11) is 0. The Balaban J connectivity index is 2.30. The Kier molecular flexibility index (Phi) is 5.63. The number of aryl methyl sites for hydroxylation is 1. The van der Waals surface area contributed by atoms with E-state index >= 15 is 0 Å². The third-order valence-electron chi connectivity index (χ3n) is 3.47. The Labute approximate surface area is 135 Å². The van der Waals surface area contributed by atoms with Gasteiger partial charge in [-0.15, -0.1) is 0 Å². The highest BCUT2D eigenvalue weighted by Crippen LogP contribution is 2.29. The van der Waals surface area contributed by atoms with E-state index in [1.807, 2.05) is 32.0 Å². The van der Waals surface area contributed by atoms with Crippen molar-refractivity contribution in [3.63, 3.8) is 0 Å². The molecule has 1 atom stereocenters. The van der Waals surface area contributed by atoms with Crippen LogP contribution in [0.15, 0.2) is 36.4 Å². The molecule has 0 amide bonds. The first-order valence-electron chi connectivity index (χ1n) is 6.95. The van der Waals surface area contributed by atoms with Crippen LogP contribution < -0.4 is 5.32 Å². The predicted molar refractivity (Wildman–Crippen MR) is 87.7 cm³/mol. The van der Waals surface area contributed by atoms with Crippen LogP contribution in [0.1, 0.15) is 29.7 Å². The summed E-state index contributed by atoms with van der Waals surface area (Å²) in [4.78, 5) is 0. The molecule has 2 aromatic rings. The fourth-order valence-corrected chi connectivity index (χ4v) is 2.84. The van der Waals surface area contributed by atoms with E-state index in [1.165, 1.54) is 6.07 Å². The molecule has 0 spiro atoms. The summed E-state index contributed by atoms with van der Waals surface area (Å²) < 4.78 is 13.3. The van der Waals surface area contributed by atoms with Crippen LogP contribution in [-0.2, 0) is 6.42 Å². The molecule has 0 saturated heterocycles. The SMILES string of the molecule is CCNC(Cc1ccc(F)c(Cl)c1)c1cccc(C)c1Cl. The zero-order valence-electron chi connectivity index (χ0n) is 12.1. The van der Waals surface area contributed by atoms with Gasteiger partial charge >= 0.3 is 0 Å². The van der Waals surface area contributed by atoms with E-state index in [4.69, 9.17) is 23.2 Å². The van der Waals surface area contributed by atoms with Gasteiger partial charge in [-0.25, -0.2) is 4.39 Å². The molecule has 112 valence electrons. The summed E-state index contributed by atoms with van der Waals surface area (Å²) in [6.45, 7) is 4.86. The van der Waals surface area contributed by atoms with E-state index in [0.717, 1.165) is 28.3 Å². The van der Waals surface area contributed by atoms with Crippen molar-refractivity contribution in [2.75, 3.05) is 6.54 Å². The fourth-order valence-electron chi connectivity index (χ4n) is 2.38. The summed E-state index contributed by atoms with van der Waals surface area (Å²) in [5.74, 6) is -0.394. The van der Waals surface area contributed by atoms with Gasteiger partial charge in [0.05, 0.1) is 5.02 Å². The van der Waals surface area contributed by atoms with Crippen LogP contribution in [0.3, 0.4) is 0 Å². The van der Waals surface area contributed by atoms with Crippen LogP contribution in [0.2, 0.25) is 10.0 Å². The van der Waals surface area contributed by atoms with E-state index in [1.54, 1.807) is 12.1 Å². The molecule has 1 unspecified atom stereocenters. The molecule has 0 aliphatic heterocycles. The molecule has 2 aromatic carbocycles. The highest BCUT2D eigenvalue weighted by molar-refractivity contribution is 6.32. The normalized spacial score (nSPS) is 12.4.